The van der Waals surface area contributed by atoms with Crippen molar-refractivity contribution in [3.8, 4) is 0 Å². The summed E-state index contributed by atoms with van der Waals surface area (Å²) < 4.78 is 0. The summed E-state index contributed by atoms with van der Waals surface area (Å²) in [6.07, 6.45) is 2.20. The number of hydrogen-bond acceptors (Lipinski definition) is 3. The van der Waals surface area contributed by atoms with E-state index in [1.807, 2.05) is 46.2 Å². The molecule has 2 heterocycles. The third kappa shape index (κ3) is 3.67. The van der Waals surface area contributed by atoms with Gasteiger partial charge < -0.3 is 9.80 Å². The van der Waals surface area contributed by atoms with E-state index in [1.54, 1.807) is 6.92 Å². The zero-order chi connectivity index (χ0) is 19.6. The first kappa shape index (κ1) is 18.7. The largest absolute Gasteiger partial charge is 0.343 e. The van der Waals surface area contributed by atoms with E-state index in [2.05, 4.69) is 29.6 Å². The number of piperidine rings is 1. The van der Waals surface area contributed by atoms with Crippen LogP contribution in [-0.2, 0) is 22.6 Å². The van der Waals surface area contributed by atoms with Crippen LogP contribution in [0.1, 0.15) is 30.9 Å². The molecule has 1 atom stereocenters. The molecule has 0 aromatic heterocycles. The van der Waals surface area contributed by atoms with Gasteiger partial charge in [-0.1, -0.05) is 60.7 Å². The highest BCUT2D eigenvalue weighted by atomic mass is 16.2. The first-order valence-electron chi connectivity index (χ1n) is 10.00. The molecule has 2 saturated heterocycles. The molecule has 28 heavy (non-hydrogen) atoms. The Kier molecular flexibility index (Phi) is 5.18. The molecule has 2 fully saturated rings. The van der Waals surface area contributed by atoms with Crippen LogP contribution in [0.25, 0.3) is 0 Å². The fraction of sp³-hybridized carbons (Fsp3) is 0.391. The normalized spacial score (nSPS) is 21.3. The lowest BCUT2D eigenvalue weighted by Crippen LogP contribution is -2.59. The molecular formula is C23H27N3O2. The first-order valence-corrected chi connectivity index (χ1v) is 10.00. The van der Waals surface area contributed by atoms with Gasteiger partial charge in [0.2, 0.25) is 11.8 Å². The Labute approximate surface area is 166 Å². The van der Waals surface area contributed by atoms with Gasteiger partial charge in [-0.05, 0) is 17.5 Å². The zero-order valence-corrected chi connectivity index (χ0v) is 16.3. The molecule has 1 N–H and O–H groups in total. The van der Waals surface area contributed by atoms with Gasteiger partial charge >= 0.3 is 0 Å². The van der Waals surface area contributed by atoms with Crippen molar-refractivity contribution in [1.82, 2.24) is 15.1 Å². The van der Waals surface area contributed by atoms with E-state index in [0.29, 0.717) is 26.1 Å². The van der Waals surface area contributed by atoms with Gasteiger partial charge in [0.1, 0.15) is 0 Å². The van der Waals surface area contributed by atoms with E-state index in [0.717, 1.165) is 24.0 Å². The number of rotatable bonds is 4. The number of likely N-dealkylation sites (tertiary alicyclic amines) is 1. The van der Waals surface area contributed by atoms with Gasteiger partial charge in [0.25, 0.3) is 0 Å². The molecule has 146 valence electrons. The van der Waals surface area contributed by atoms with Crippen LogP contribution < -0.4 is 5.32 Å². The number of amides is 2. The molecule has 2 aromatic carbocycles. The standard InChI is InChI=1S/C23H27N3O2/c1-18(27)25-14-12-23(13-15-25)24-21(16-19-8-4-2-5-9-19)22(28)26(23)17-20-10-6-3-7-11-20/h2-11,21,24H,12-17H2,1H3. The Morgan fingerprint density at radius 2 is 1.57 bits per heavy atom. The average molecular weight is 377 g/mol. The van der Waals surface area contributed by atoms with E-state index >= 15 is 0 Å². The monoisotopic (exact) mass is 377 g/mol. The van der Waals surface area contributed by atoms with Gasteiger partial charge in [-0.25, -0.2) is 0 Å². The van der Waals surface area contributed by atoms with Gasteiger partial charge in [-0.15, -0.1) is 0 Å². The molecule has 0 aliphatic carbocycles. The Hall–Kier alpha value is -2.66. The summed E-state index contributed by atoms with van der Waals surface area (Å²) in [5.74, 6) is 0.263. The minimum atomic E-state index is -0.377. The smallest absolute Gasteiger partial charge is 0.241 e. The predicted octanol–water partition coefficient (Wildman–Crippen LogP) is 2.57. The summed E-state index contributed by atoms with van der Waals surface area (Å²) in [5, 5.41) is 3.67. The van der Waals surface area contributed by atoms with Crippen LogP contribution in [0.4, 0.5) is 0 Å². The fourth-order valence-electron chi connectivity index (χ4n) is 4.45. The molecule has 0 saturated carbocycles. The van der Waals surface area contributed by atoms with Crippen LogP contribution >= 0.6 is 0 Å². The Bertz CT molecular complexity index is 829. The number of benzene rings is 2. The highest BCUT2D eigenvalue weighted by Crippen LogP contribution is 2.34. The molecule has 2 aliphatic rings. The number of nitrogens with zero attached hydrogens (tertiary/aromatic N) is 2. The van der Waals surface area contributed by atoms with Gasteiger partial charge in [-0.3, -0.25) is 14.9 Å². The molecule has 2 aliphatic heterocycles. The number of carbonyl (C=O) groups is 2. The van der Waals surface area contributed by atoms with Crippen molar-refractivity contribution in [3.63, 3.8) is 0 Å². The highest BCUT2D eigenvalue weighted by molar-refractivity contribution is 5.85. The Morgan fingerprint density at radius 1 is 1.00 bits per heavy atom. The molecule has 5 heteroatoms. The quantitative estimate of drug-likeness (QED) is 0.891. The molecule has 2 amide bonds. The highest BCUT2D eigenvalue weighted by Gasteiger charge is 2.51. The molecule has 1 unspecified atom stereocenters. The molecule has 1 spiro atoms. The van der Waals surface area contributed by atoms with Crippen LogP contribution in [0.5, 0.6) is 0 Å². The third-order valence-corrected chi connectivity index (χ3v) is 6.03. The van der Waals surface area contributed by atoms with Gasteiger partial charge in [-0.2, -0.15) is 0 Å². The summed E-state index contributed by atoms with van der Waals surface area (Å²) >= 11 is 0. The summed E-state index contributed by atoms with van der Waals surface area (Å²) in [7, 11) is 0. The van der Waals surface area contributed by atoms with Crippen LogP contribution in [0, 0.1) is 0 Å². The van der Waals surface area contributed by atoms with Crippen molar-refractivity contribution in [1.29, 1.82) is 0 Å². The molecule has 4 rings (SSSR count). The number of nitrogens with one attached hydrogen (secondary N) is 1. The molecule has 0 bridgehead atoms. The van der Waals surface area contributed by atoms with Crippen molar-refractivity contribution in [2.45, 2.75) is 44.4 Å². The van der Waals surface area contributed by atoms with E-state index in [1.165, 1.54) is 0 Å². The lowest BCUT2D eigenvalue weighted by Gasteiger charge is -2.44. The number of carbonyl (C=O) groups excluding carboxylic acids is 2. The second-order valence-corrected chi connectivity index (χ2v) is 7.83. The second kappa shape index (κ2) is 7.76. The summed E-state index contributed by atoms with van der Waals surface area (Å²) in [6.45, 7) is 3.57. The van der Waals surface area contributed by atoms with Gasteiger partial charge in [0.05, 0.1) is 11.7 Å². The molecule has 2 aromatic rings. The van der Waals surface area contributed by atoms with Gasteiger partial charge in [0.15, 0.2) is 0 Å². The summed E-state index contributed by atoms with van der Waals surface area (Å²) in [5.41, 5.74) is 1.91. The maximum Gasteiger partial charge on any atom is 0.241 e. The van der Waals surface area contributed by atoms with Crippen molar-refractivity contribution in [2.75, 3.05) is 13.1 Å². The summed E-state index contributed by atoms with van der Waals surface area (Å²) in [4.78, 5) is 29.1. The summed E-state index contributed by atoms with van der Waals surface area (Å²) in [6, 6.07) is 20.1. The lowest BCUT2D eigenvalue weighted by molar-refractivity contribution is -0.136. The minimum absolute atomic E-state index is 0.106. The maximum absolute atomic E-state index is 13.4. The van der Waals surface area contributed by atoms with Crippen LogP contribution in [0.15, 0.2) is 60.7 Å². The van der Waals surface area contributed by atoms with E-state index < -0.39 is 0 Å². The molecule has 0 radical (unpaired) electrons. The van der Waals surface area contributed by atoms with Crippen LogP contribution in [0.3, 0.4) is 0 Å². The van der Waals surface area contributed by atoms with Crippen molar-refractivity contribution < 1.29 is 9.59 Å². The van der Waals surface area contributed by atoms with E-state index in [9.17, 15) is 9.59 Å². The Morgan fingerprint density at radius 3 is 2.14 bits per heavy atom. The minimum Gasteiger partial charge on any atom is -0.343 e. The van der Waals surface area contributed by atoms with Crippen LogP contribution in [0.2, 0.25) is 0 Å². The average Bonchev–Trinajstić information content (AvgIpc) is 2.95. The number of hydrogen-bond donors (Lipinski definition) is 1. The fourth-order valence-corrected chi connectivity index (χ4v) is 4.45. The Balaban J connectivity index is 1.58. The lowest BCUT2D eigenvalue weighted by atomic mass is 9.95. The SMILES string of the molecule is CC(=O)N1CCC2(CC1)NC(Cc1ccccc1)C(=O)N2Cc1ccccc1. The third-order valence-electron chi connectivity index (χ3n) is 6.03. The van der Waals surface area contributed by atoms with Crippen LogP contribution in [-0.4, -0.2) is 46.4 Å². The molecular weight excluding hydrogens is 350 g/mol. The second-order valence-electron chi connectivity index (χ2n) is 7.83. The van der Waals surface area contributed by atoms with Gasteiger partial charge in [0, 0.05) is 39.4 Å². The molecule has 5 nitrogen and oxygen atoms in total. The zero-order valence-electron chi connectivity index (χ0n) is 16.3. The van der Waals surface area contributed by atoms with Crippen molar-refractivity contribution in [3.05, 3.63) is 71.8 Å². The predicted molar refractivity (Wildman–Crippen MR) is 108 cm³/mol. The van der Waals surface area contributed by atoms with Crippen molar-refractivity contribution >= 4 is 11.8 Å². The van der Waals surface area contributed by atoms with E-state index in [-0.39, 0.29) is 23.5 Å². The maximum atomic E-state index is 13.4. The first-order chi connectivity index (χ1) is 13.6. The van der Waals surface area contributed by atoms with Crippen molar-refractivity contribution in [2.24, 2.45) is 0 Å². The topological polar surface area (TPSA) is 52.7 Å². The van der Waals surface area contributed by atoms with E-state index in [4.69, 9.17) is 0 Å².